The molecule has 6 nitrogen and oxygen atoms in total. The first-order valence-electron chi connectivity index (χ1n) is 9.97. The lowest BCUT2D eigenvalue weighted by Crippen LogP contribution is -2.26. The number of benzene rings is 1. The van der Waals surface area contributed by atoms with Crippen molar-refractivity contribution in [1.29, 1.82) is 0 Å². The summed E-state index contributed by atoms with van der Waals surface area (Å²) in [4.78, 5) is 36.5. The van der Waals surface area contributed by atoms with E-state index in [0.29, 0.717) is 12.2 Å². The molecular formula is C23H24N4O2. The fourth-order valence-electron chi connectivity index (χ4n) is 3.70. The molecule has 1 fully saturated rings. The van der Waals surface area contributed by atoms with Crippen molar-refractivity contribution in [3.8, 4) is 22.6 Å². The summed E-state index contributed by atoms with van der Waals surface area (Å²) in [6.45, 7) is 2.33. The van der Waals surface area contributed by atoms with E-state index in [1.165, 1.54) is 5.56 Å². The van der Waals surface area contributed by atoms with E-state index in [4.69, 9.17) is 4.98 Å². The molecule has 6 heteroatoms. The molecule has 1 aliphatic carbocycles. The number of nitrogens with zero attached hydrogens (tertiary/aromatic N) is 2. The lowest BCUT2D eigenvalue weighted by atomic mass is 10.0. The molecule has 1 saturated carbocycles. The van der Waals surface area contributed by atoms with E-state index in [1.807, 2.05) is 49.4 Å². The van der Waals surface area contributed by atoms with Crippen LogP contribution >= 0.6 is 0 Å². The van der Waals surface area contributed by atoms with Gasteiger partial charge in [-0.2, -0.15) is 0 Å². The first-order valence-corrected chi connectivity index (χ1v) is 9.97. The second-order valence-electron chi connectivity index (χ2n) is 7.52. The van der Waals surface area contributed by atoms with Crippen molar-refractivity contribution in [2.24, 2.45) is 5.92 Å². The minimum atomic E-state index is -0.126. The number of aromatic nitrogens is 3. The molecule has 0 unspecified atom stereocenters. The minimum absolute atomic E-state index is 0.113. The monoisotopic (exact) mass is 388 g/mol. The van der Waals surface area contributed by atoms with Crippen molar-refractivity contribution in [3.05, 3.63) is 60.0 Å². The zero-order valence-electron chi connectivity index (χ0n) is 16.4. The predicted molar refractivity (Wildman–Crippen MR) is 111 cm³/mol. The molecule has 148 valence electrons. The van der Waals surface area contributed by atoms with Gasteiger partial charge in [0.2, 0.25) is 5.91 Å². The molecule has 1 aromatic carbocycles. The third-order valence-electron chi connectivity index (χ3n) is 5.31. The van der Waals surface area contributed by atoms with Crippen LogP contribution in [0.2, 0.25) is 0 Å². The molecule has 3 aromatic rings. The molecule has 1 aliphatic rings. The van der Waals surface area contributed by atoms with Gasteiger partial charge in [-0.15, -0.1) is 0 Å². The summed E-state index contributed by atoms with van der Waals surface area (Å²) >= 11 is 0. The Hall–Kier alpha value is -3.28. The maximum atomic E-state index is 12.3. The normalized spacial score (nSPS) is 16.2. The Bertz CT molecular complexity index is 1010. The molecule has 0 spiro atoms. The highest BCUT2D eigenvalue weighted by Crippen LogP contribution is 2.29. The van der Waals surface area contributed by atoms with Gasteiger partial charge in [0, 0.05) is 30.5 Å². The van der Waals surface area contributed by atoms with Crippen LogP contribution in [0.25, 0.3) is 22.6 Å². The van der Waals surface area contributed by atoms with Crippen molar-refractivity contribution in [2.75, 3.05) is 0 Å². The molecular weight excluding hydrogens is 364 g/mol. The number of Topliss-reactive ketones (excluding diaryl/α,β-unsaturated/α-hetero) is 1. The Balaban J connectivity index is 1.54. The minimum Gasteiger partial charge on any atom is -0.349 e. The summed E-state index contributed by atoms with van der Waals surface area (Å²) in [7, 11) is 0. The molecule has 29 heavy (non-hydrogen) atoms. The number of amides is 1. The van der Waals surface area contributed by atoms with Crippen LogP contribution < -0.4 is 5.32 Å². The number of hydrogen-bond acceptors (Lipinski definition) is 4. The average Bonchev–Trinajstić information content (AvgIpc) is 3.34. The lowest BCUT2D eigenvalue weighted by molar-refractivity contribution is -0.127. The van der Waals surface area contributed by atoms with E-state index in [1.54, 1.807) is 6.20 Å². The Morgan fingerprint density at radius 3 is 2.72 bits per heavy atom. The van der Waals surface area contributed by atoms with Gasteiger partial charge in [0.1, 0.15) is 11.6 Å². The van der Waals surface area contributed by atoms with Gasteiger partial charge in [-0.3, -0.25) is 14.6 Å². The smallest absolute Gasteiger partial charge is 0.221 e. The van der Waals surface area contributed by atoms with Gasteiger partial charge in [-0.25, -0.2) is 4.98 Å². The van der Waals surface area contributed by atoms with Crippen LogP contribution in [-0.2, 0) is 16.1 Å². The first-order chi connectivity index (χ1) is 14.1. The maximum Gasteiger partial charge on any atom is 0.221 e. The van der Waals surface area contributed by atoms with Crippen molar-refractivity contribution < 1.29 is 9.59 Å². The summed E-state index contributed by atoms with van der Waals surface area (Å²) < 4.78 is 0. The van der Waals surface area contributed by atoms with Gasteiger partial charge in [0.25, 0.3) is 0 Å². The standard InChI is InChI=1S/C23H24N4O2/c1-15-8-10-16(11-9-15)22-23(18-6-2-3-12-24-18)27-20(26-22)14-25-21(29)13-17-5-4-7-19(17)28/h2-3,6,8-12,17H,4-5,7,13-14H2,1H3,(H,25,29)(H,26,27)/t17-/m0/s1. The largest absolute Gasteiger partial charge is 0.349 e. The van der Waals surface area contributed by atoms with Crippen LogP contribution in [0.4, 0.5) is 0 Å². The zero-order chi connectivity index (χ0) is 20.2. The summed E-state index contributed by atoms with van der Waals surface area (Å²) in [6, 6.07) is 13.9. The molecule has 0 bridgehead atoms. The second-order valence-corrected chi connectivity index (χ2v) is 7.52. The highest BCUT2D eigenvalue weighted by Gasteiger charge is 2.26. The summed E-state index contributed by atoms with van der Waals surface area (Å²) in [5.41, 5.74) is 4.59. The van der Waals surface area contributed by atoms with E-state index >= 15 is 0 Å². The number of ketones is 1. The van der Waals surface area contributed by atoms with E-state index < -0.39 is 0 Å². The Labute approximate surface area is 169 Å². The van der Waals surface area contributed by atoms with E-state index in [-0.39, 0.29) is 30.6 Å². The number of hydrogen-bond donors (Lipinski definition) is 2. The van der Waals surface area contributed by atoms with Crippen LogP contribution in [0.3, 0.4) is 0 Å². The van der Waals surface area contributed by atoms with Gasteiger partial charge in [0.05, 0.1) is 23.6 Å². The fraction of sp³-hybridized carbons (Fsp3) is 0.304. The Kier molecular flexibility index (Phi) is 5.51. The number of imidazole rings is 1. The number of H-pyrrole nitrogens is 1. The van der Waals surface area contributed by atoms with Crippen molar-refractivity contribution >= 4 is 11.7 Å². The lowest BCUT2D eigenvalue weighted by Gasteiger charge is -2.07. The van der Waals surface area contributed by atoms with E-state index in [2.05, 4.69) is 15.3 Å². The van der Waals surface area contributed by atoms with E-state index in [0.717, 1.165) is 35.5 Å². The number of carbonyl (C=O) groups is 2. The third-order valence-corrected chi connectivity index (χ3v) is 5.31. The Morgan fingerprint density at radius 2 is 2.03 bits per heavy atom. The number of pyridine rings is 1. The predicted octanol–water partition coefficient (Wildman–Crippen LogP) is 3.82. The third kappa shape index (κ3) is 4.42. The number of carbonyl (C=O) groups excluding carboxylic acids is 2. The van der Waals surface area contributed by atoms with Crippen molar-refractivity contribution in [2.45, 2.75) is 39.2 Å². The number of aromatic amines is 1. The van der Waals surface area contributed by atoms with Crippen LogP contribution in [0.1, 0.15) is 37.1 Å². The highest BCUT2D eigenvalue weighted by atomic mass is 16.2. The summed E-state index contributed by atoms with van der Waals surface area (Å²) in [5, 5.41) is 2.89. The first kappa shape index (κ1) is 19.1. The van der Waals surface area contributed by atoms with Crippen LogP contribution in [-0.4, -0.2) is 26.6 Å². The molecule has 0 aliphatic heterocycles. The Morgan fingerprint density at radius 1 is 1.21 bits per heavy atom. The maximum absolute atomic E-state index is 12.3. The topological polar surface area (TPSA) is 87.7 Å². The summed E-state index contributed by atoms with van der Waals surface area (Å²) in [5.74, 6) is 0.626. The quantitative estimate of drug-likeness (QED) is 0.672. The molecule has 4 rings (SSSR count). The molecule has 1 atom stereocenters. The number of nitrogens with one attached hydrogen (secondary N) is 2. The van der Waals surface area contributed by atoms with Crippen LogP contribution in [0, 0.1) is 12.8 Å². The van der Waals surface area contributed by atoms with Crippen molar-refractivity contribution in [1.82, 2.24) is 20.3 Å². The van der Waals surface area contributed by atoms with Gasteiger partial charge in [-0.05, 0) is 31.9 Å². The van der Waals surface area contributed by atoms with Gasteiger partial charge in [0.15, 0.2) is 0 Å². The SMILES string of the molecule is Cc1ccc(-c2nc(CNC(=O)C[C@@H]3CCCC3=O)[nH]c2-c2ccccn2)cc1. The van der Waals surface area contributed by atoms with Gasteiger partial charge >= 0.3 is 0 Å². The average molecular weight is 388 g/mol. The molecule has 2 N–H and O–H groups in total. The second kappa shape index (κ2) is 8.39. The van der Waals surface area contributed by atoms with Crippen molar-refractivity contribution in [3.63, 3.8) is 0 Å². The highest BCUT2D eigenvalue weighted by molar-refractivity contribution is 5.88. The van der Waals surface area contributed by atoms with Crippen LogP contribution in [0.15, 0.2) is 48.7 Å². The fourth-order valence-corrected chi connectivity index (χ4v) is 3.70. The van der Waals surface area contributed by atoms with E-state index in [9.17, 15) is 9.59 Å². The zero-order valence-corrected chi connectivity index (χ0v) is 16.4. The molecule has 0 saturated heterocycles. The number of rotatable bonds is 6. The van der Waals surface area contributed by atoms with Gasteiger partial charge in [-0.1, -0.05) is 35.9 Å². The molecule has 2 heterocycles. The summed E-state index contributed by atoms with van der Waals surface area (Å²) in [6.07, 6.45) is 4.31. The number of aryl methyl sites for hydroxylation is 1. The molecule has 1 amide bonds. The molecule has 2 aromatic heterocycles. The molecule has 0 radical (unpaired) electrons. The van der Waals surface area contributed by atoms with Gasteiger partial charge < -0.3 is 10.3 Å². The van der Waals surface area contributed by atoms with Crippen LogP contribution in [0.5, 0.6) is 0 Å².